The first kappa shape index (κ1) is 22.5. The van der Waals surface area contributed by atoms with E-state index in [1.165, 1.54) is 6.20 Å². The molecule has 1 atom stereocenters. The number of rotatable bonds is 8. The molecule has 11 heteroatoms. The molecule has 160 valence electrons. The third kappa shape index (κ3) is 7.26. The average molecular weight is 414 g/mol. The van der Waals surface area contributed by atoms with Crippen LogP contribution in [0.5, 0.6) is 5.88 Å². The lowest BCUT2D eigenvalue weighted by molar-refractivity contribution is -0.154. The maximum atomic E-state index is 12.4. The van der Waals surface area contributed by atoms with Crippen LogP contribution in [-0.4, -0.2) is 51.7 Å². The van der Waals surface area contributed by atoms with Gasteiger partial charge < -0.3 is 20.5 Å². The summed E-state index contributed by atoms with van der Waals surface area (Å²) in [5.41, 5.74) is -0.147. The molecule has 29 heavy (non-hydrogen) atoms. The number of hydrogen-bond donors (Lipinski definition) is 3. The number of alkyl halides is 3. The lowest BCUT2D eigenvalue weighted by Gasteiger charge is -2.23. The van der Waals surface area contributed by atoms with E-state index in [1.807, 2.05) is 6.92 Å². The number of guanidine groups is 1. The predicted molar refractivity (Wildman–Crippen MR) is 101 cm³/mol. The Hall–Kier alpha value is -2.82. The third-order valence-electron chi connectivity index (χ3n) is 3.90. The molecule has 0 saturated heterocycles. The average Bonchev–Trinajstić information content (AvgIpc) is 3.10. The summed E-state index contributed by atoms with van der Waals surface area (Å²) in [6, 6.07) is 3.19. The van der Waals surface area contributed by atoms with Gasteiger partial charge in [-0.15, -0.1) is 0 Å². The molecule has 1 unspecified atom stereocenters. The van der Waals surface area contributed by atoms with Crippen LogP contribution in [-0.2, 0) is 19.2 Å². The van der Waals surface area contributed by atoms with E-state index >= 15 is 0 Å². The number of pyridine rings is 1. The maximum Gasteiger partial charge on any atom is 0.422 e. The van der Waals surface area contributed by atoms with Crippen LogP contribution in [0.15, 0.2) is 35.7 Å². The highest BCUT2D eigenvalue weighted by atomic mass is 19.4. The van der Waals surface area contributed by atoms with Crippen molar-refractivity contribution in [1.82, 2.24) is 25.4 Å². The van der Waals surface area contributed by atoms with Crippen molar-refractivity contribution < 1.29 is 23.0 Å². The molecule has 0 aliphatic rings. The number of ether oxygens (including phenoxy) is 1. The van der Waals surface area contributed by atoms with Gasteiger partial charge in [-0.2, -0.15) is 18.3 Å². The van der Waals surface area contributed by atoms with Crippen molar-refractivity contribution in [1.29, 1.82) is 0 Å². The van der Waals surface area contributed by atoms with Crippen molar-refractivity contribution >= 4 is 5.96 Å². The number of aryl methyl sites for hydroxylation is 1. The van der Waals surface area contributed by atoms with Crippen LogP contribution in [0.4, 0.5) is 13.2 Å². The van der Waals surface area contributed by atoms with Crippen molar-refractivity contribution in [3.63, 3.8) is 0 Å². The van der Waals surface area contributed by atoms with Gasteiger partial charge in [0.25, 0.3) is 0 Å². The Labute approximate surface area is 166 Å². The Morgan fingerprint density at radius 2 is 2.10 bits per heavy atom. The number of nitrogens with one attached hydrogen (secondary N) is 2. The first-order valence-corrected chi connectivity index (χ1v) is 8.98. The van der Waals surface area contributed by atoms with Gasteiger partial charge >= 0.3 is 6.18 Å². The van der Waals surface area contributed by atoms with E-state index in [0.29, 0.717) is 23.6 Å². The van der Waals surface area contributed by atoms with Crippen molar-refractivity contribution in [2.45, 2.75) is 32.2 Å². The molecule has 2 heterocycles. The summed E-state index contributed by atoms with van der Waals surface area (Å²) in [6.45, 7) is 2.85. The fourth-order valence-corrected chi connectivity index (χ4v) is 2.39. The van der Waals surface area contributed by atoms with E-state index in [9.17, 15) is 18.3 Å². The van der Waals surface area contributed by atoms with E-state index < -0.39 is 18.4 Å². The molecule has 0 amide bonds. The van der Waals surface area contributed by atoms with E-state index in [2.05, 4.69) is 25.7 Å². The Morgan fingerprint density at radius 3 is 2.72 bits per heavy atom. The topological polar surface area (TPSA) is 96.6 Å². The minimum absolute atomic E-state index is 0.0470. The van der Waals surface area contributed by atoms with Crippen molar-refractivity contribution in [2.75, 3.05) is 19.7 Å². The van der Waals surface area contributed by atoms with Crippen LogP contribution in [0.25, 0.3) is 0 Å². The standard InChI is InChI=1S/C18H25F3N6O2/c1-4-22-16(25-11-17(2,28)14-9-26-27(3)10-14)24-8-13-6-5-7-23-15(13)29-12-18(19,20)21/h5-7,9-10,28H,4,8,11-12H2,1-3H3,(H2,22,24,25). The largest absolute Gasteiger partial charge is 0.468 e. The Morgan fingerprint density at radius 1 is 1.34 bits per heavy atom. The molecule has 2 aromatic heterocycles. The zero-order valence-electron chi connectivity index (χ0n) is 16.5. The highest BCUT2D eigenvalue weighted by molar-refractivity contribution is 5.79. The summed E-state index contributed by atoms with van der Waals surface area (Å²) in [5, 5.41) is 20.8. The minimum atomic E-state index is -4.45. The fraction of sp³-hybridized carbons (Fsp3) is 0.500. The van der Waals surface area contributed by atoms with Crippen molar-refractivity contribution in [2.24, 2.45) is 12.0 Å². The SMILES string of the molecule is CCNC(=NCc1cccnc1OCC(F)(F)F)NCC(C)(O)c1cnn(C)c1. The number of hydrogen-bond acceptors (Lipinski definition) is 5. The Balaban J connectivity index is 2.05. The van der Waals surface area contributed by atoms with Crippen molar-refractivity contribution in [3.05, 3.63) is 41.9 Å². The lowest BCUT2D eigenvalue weighted by Crippen LogP contribution is -2.44. The molecular formula is C18H25F3N6O2. The molecule has 0 aromatic carbocycles. The Bertz CT molecular complexity index is 820. The van der Waals surface area contributed by atoms with Crippen LogP contribution in [0.1, 0.15) is 25.0 Å². The van der Waals surface area contributed by atoms with E-state index in [-0.39, 0.29) is 19.0 Å². The number of aliphatic imine (C=N–C) groups is 1. The van der Waals surface area contributed by atoms with E-state index in [4.69, 9.17) is 4.74 Å². The second-order valence-corrected chi connectivity index (χ2v) is 6.60. The molecule has 0 bridgehead atoms. The molecule has 0 saturated carbocycles. The lowest BCUT2D eigenvalue weighted by atomic mass is 10.00. The summed E-state index contributed by atoms with van der Waals surface area (Å²) in [7, 11) is 1.75. The number of nitrogens with zero attached hydrogens (tertiary/aromatic N) is 4. The molecule has 0 spiro atoms. The molecular weight excluding hydrogens is 389 g/mol. The summed E-state index contributed by atoms with van der Waals surface area (Å²) in [5.74, 6) is 0.272. The van der Waals surface area contributed by atoms with E-state index in [1.54, 1.807) is 43.2 Å². The molecule has 0 aliphatic carbocycles. The summed E-state index contributed by atoms with van der Waals surface area (Å²) < 4.78 is 43.6. The smallest absolute Gasteiger partial charge is 0.422 e. The Kier molecular flexibility index (Phi) is 7.43. The van der Waals surface area contributed by atoms with Gasteiger partial charge in [0.1, 0.15) is 5.60 Å². The number of halogens is 3. The molecule has 2 rings (SSSR count). The normalized spacial score (nSPS) is 14.4. The first-order valence-electron chi connectivity index (χ1n) is 8.98. The van der Waals surface area contributed by atoms with Gasteiger partial charge in [0.15, 0.2) is 12.6 Å². The maximum absolute atomic E-state index is 12.4. The molecule has 3 N–H and O–H groups in total. The zero-order chi connectivity index (χ0) is 21.5. The van der Waals surface area contributed by atoms with Gasteiger partial charge in [-0.05, 0) is 19.9 Å². The highest BCUT2D eigenvalue weighted by Gasteiger charge is 2.29. The van der Waals surface area contributed by atoms with Gasteiger partial charge in [0.2, 0.25) is 5.88 Å². The van der Waals surface area contributed by atoms with Gasteiger partial charge in [-0.1, -0.05) is 6.07 Å². The number of aliphatic hydroxyl groups is 1. The van der Waals surface area contributed by atoms with Crippen LogP contribution >= 0.6 is 0 Å². The molecule has 0 radical (unpaired) electrons. The number of aromatic nitrogens is 3. The van der Waals surface area contributed by atoms with Gasteiger partial charge in [-0.25, -0.2) is 9.98 Å². The molecule has 2 aromatic rings. The minimum Gasteiger partial charge on any atom is -0.468 e. The summed E-state index contributed by atoms with van der Waals surface area (Å²) in [6.07, 6.45) is 0.192. The first-order chi connectivity index (χ1) is 13.6. The van der Waals surface area contributed by atoms with Gasteiger partial charge in [0.05, 0.1) is 19.3 Å². The summed E-state index contributed by atoms with van der Waals surface area (Å²) >= 11 is 0. The fourth-order valence-electron chi connectivity index (χ4n) is 2.39. The van der Waals surface area contributed by atoms with Crippen LogP contribution in [0.3, 0.4) is 0 Å². The molecule has 8 nitrogen and oxygen atoms in total. The van der Waals surface area contributed by atoms with Gasteiger partial charge in [0, 0.05) is 37.1 Å². The molecule has 0 aliphatic heterocycles. The highest BCUT2D eigenvalue weighted by Crippen LogP contribution is 2.21. The van der Waals surface area contributed by atoms with E-state index in [0.717, 1.165) is 0 Å². The van der Waals surface area contributed by atoms with Crippen LogP contribution < -0.4 is 15.4 Å². The summed E-state index contributed by atoms with van der Waals surface area (Å²) in [4.78, 5) is 8.20. The van der Waals surface area contributed by atoms with Crippen molar-refractivity contribution in [3.8, 4) is 5.88 Å². The zero-order valence-corrected chi connectivity index (χ0v) is 16.5. The quantitative estimate of drug-likeness (QED) is 0.450. The van der Waals surface area contributed by atoms with Gasteiger partial charge in [-0.3, -0.25) is 4.68 Å². The van der Waals surface area contributed by atoms with Crippen LogP contribution in [0, 0.1) is 0 Å². The second-order valence-electron chi connectivity index (χ2n) is 6.60. The predicted octanol–water partition coefficient (Wildman–Crippen LogP) is 1.72. The monoisotopic (exact) mass is 414 g/mol. The van der Waals surface area contributed by atoms with Crippen LogP contribution in [0.2, 0.25) is 0 Å². The second kappa shape index (κ2) is 9.59. The molecule has 0 fully saturated rings. The third-order valence-corrected chi connectivity index (χ3v) is 3.90.